The zero-order chi connectivity index (χ0) is 44.4. The van der Waals surface area contributed by atoms with Gasteiger partial charge in [0.25, 0.3) is 0 Å². The third-order valence-corrected chi connectivity index (χ3v) is 18.0. The third-order valence-electron chi connectivity index (χ3n) is 18.0. The lowest BCUT2D eigenvalue weighted by Gasteiger charge is -2.60. The van der Waals surface area contributed by atoms with Crippen molar-refractivity contribution >= 4 is 5.78 Å². The Kier molecular flexibility index (Phi) is 12.6. The summed E-state index contributed by atoms with van der Waals surface area (Å²) in [5, 5.41) is 85.9. The number of carbonyl (C=O) groups is 1. The summed E-state index contributed by atoms with van der Waals surface area (Å²) in [6, 6.07) is 0. The molecular weight excluding hydrogens is 812 g/mol. The molecule has 9 rings (SSSR count). The van der Waals surface area contributed by atoms with Gasteiger partial charge in [-0.2, -0.15) is 0 Å². The van der Waals surface area contributed by atoms with Crippen LogP contribution >= 0.6 is 0 Å². The largest absolute Gasteiger partial charge is 0.394 e. The van der Waals surface area contributed by atoms with Crippen LogP contribution in [0.2, 0.25) is 0 Å². The van der Waals surface area contributed by atoms with Gasteiger partial charge in [0.15, 0.2) is 24.7 Å². The first-order valence-corrected chi connectivity index (χ1v) is 23.5. The van der Waals surface area contributed by atoms with E-state index in [4.69, 9.17) is 37.9 Å². The Hall–Kier alpha value is -0.970. The van der Waals surface area contributed by atoms with E-state index in [1.54, 1.807) is 0 Å². The van der Waals surface area contributed by atoms with Gasteiger partial charge in [0.1, 0.15) is 66.8 Å². The normalized spacial score (nSPS) is 59.0. The number of aliphatic hydroxyl groups is 8. The van der Waals surface area contributed by atoms with Crippen molar-refractivity contribution in [2.75, 3.05) is 13.2 Å². The number of hydrogen-bond acceptors (Lipinski definition) is 17. The highest BCUT2D eigenvalue weighted by atomic mass is 16.8. The lowest BCUT2D eigenvalue weighted by molar-refractivity contribution is -0.389. The minimum Gasteiger partial charge on any atom is -0.394 e. The Labute approximate surface area is 363 Å². The van der Waals surface area contributed by atoms with Gasteiger partial charge >= 0.3 is 0 Å². The van der Waals surface area contributed by atoms with E-state index < -0.39 is 111 Å². The van der Waals surface area contributed by atoms with E-state index in [1.807, 2.05) is 0 Å². The summed E-state index contributed by atoms with van der Waals surface area (Å²) in [4.78, 5) is 14.5. The SMILES string of the molecule is C[C@@H]1CC[C@@]2(OC1)O[C@H]1C[C@H]3[C@@H]4CC(=O)[C@H]5C[C@@H](O[C@@H]6O[C@H](CO)[C@@H](O[C@@H]7O[C@@H](C)[C@H](O)[C@@H](O)[C@H]7O)[C@H](O)[C@H]6O[C@@H]6O[C@@H](C)[C@H](O)[C@@H](O)[C@H]6O)CC[C@]5(C)[C@H]4CC[C@]3(C)[C@H]1[C@@H]2C. The molecule has 0 bridgehead atoms. The molecule has 0 amide bonds. The lowest BCUT2D eigenvalue weighted by Crippen LogP contribution is -2.66. The average molecular weight is 885 g/mol. The van der Waals surface area contributed by atoms with E-state index in [1.165, 1.54) is 13.8 Å². The van der Waals surface area contributed by atoms with Gasteiger partial charge in [0.2, 0.25) is 0 Å². The molecule has 17 heteroatoms. The first kappa shape index (κ1) is 46.2. The summed E-state index contributed by atoms with van der Waals surface area (Å²) in [6.45, 7) is 12.3. The second-order valence-electron chi connectivity index (χ2n) is 21.4. The minimum atomic E-state index is -1.75. The molecule has 17 nitrogen and oxygen atoms in total. The predicted octanol–water partition coefficient (Wildman–Crippen LogP) is 0.501. The molecule has 9 aliphatic rings. The van der Waals surface area contributed by atoms with Gasteiger partial charge in [-0.15, -0.1) is 0 Å². The monoisotopic (exact) mass is 884 g/mol. The van der Waals surface area contributed by atoms with Crippen molar-refractivity contribution in [1.29, 1.82) is 0 Å². The Morgan fingerprint density at radius 3 is 1.90 bits per heavy atom. The fourth-order valence-corrected chi connectivity index (χ4v) is 14.4. The van der Waals surface area contributed by atoms with Gasteiger partial charge in [-0.3, -0.25) is 4.79 Å². The van der Waals surface area contributed by atoms with E-state index >= 15 is 0 Å². The second-order valence-corrected chi connectivity index (χ2v) is 21.4. The zero-order valence-corrected chi connectivity index (χ0v) is 36.9. The van der Waals surface area contributed by atoms with E-state index in [0.29, 0.717) is 42.9 Å². The molecule has 1 spiro atoms. The van der Waals surface area contributed by atoms with Crippen molar-refractivity contribution in [3.8, 4) is 0 Å². The molecule has 354 valence electrons. The molecule has 4 aliphatic carbocycles. The maximum atomic E-state index is 14.5. The molecular formula is C45H72O17. The quantitative estimate of drug-likeness (QED) is 0.162. The predicted molar refractivity (Wildman–Crippen MR) is 213 cm³/mol. The van der Waals surface area contributed by atoms with Gasteiger partial charge in [-0.25, -0.2) is 0 Å². The highest BCUT2D eigenvalue weighted by Crippen LogP contribution is 2.71. The van der Waals surface area contributed by atoms with Crippen LogP contribution in [-0.2, 0) is 42.7 Å². The summed E-state index contributed by atoms with van der Waals surface area (Å²) in [5.41, 5.74) is -0.195. The van der Waals surface area contributed by atoms with Gasteiger partial charge in [0.05, 0.1) is 37.6 Å². The molecule has 4 saturated carbocycles. The third kappa shape index (κ3) is 7.39. The highest BCUT2D eigenvalue weighted by Gasteiger charge is 2.70. The van der Waals surface area contributed by atoms with E-state index in [9.17, 15) is 45.6 Å². The minimum absolute atomic E-state index is 0.0615. The van der Waals surface area contributed by atoms with Crippen LogP contribution in [0.4, 0.5) is 0 Å². The van der Waals surface area contributed by atoms with E-state index in [-0.39, 0.29) is 40.5 Å². The van der Waals surface area contributed by atoms with Crippen LogP contribution in [0.25, 0.3) is 0 Å². The molecule has 62 heavy (non-hydrogen) atoms. The van der Waals surface area contributed by atoms with Gasteiger partial charge in [0, 0.05) is 24.7 Å². The lowest BCUT2D eigenvalue weighted by atomic mass is 9.44. The van der Waals surface area contributed by atoms with Crippen LogP contribution < -0.4 is 0 Å². The van der Waals surface area contributed by atoms with Crippen LogP contribution in [0.1, 0.15) is 99.3 Å². The van der Waals surface area contributed by atoms with Crippen molar-refractivity contribution in [3.05, 3.63) is 0 Å². The number of aliphatic hydroxyl groups excluding tert-OH is 8. The number of fused-ring (bicyclic) bond motifs is 7. The molecule has 0 aromatic heterocycles. The van der Waals surface area contributed by atoms with Crippen LogP contribution in [0, 0.1) is 52.3 Å². The van der Waals surface area contributed by atoms with Crippen molar-refractivity contribution in [1.82, 2.24) is 0 Å². The molecule has 5 heterocycles. The smallest absolute Gasteiger partial charge is 0.187 e. The van der Waals surface area contributed by atoms with Crippen LogP contribution in [-0.4, -0.2) is 170 Å². The van der Waals surface area contributed by atoms with Gasteiger partial charge in [-0.05, 0) is 99.2 Å². The standard InChI is InChI=1S/C45H72O17/c1-18-7-12-45(55-17-18)19(2)30-28(62-45)15-25-23-14-27(47)26-13-22(8-10-43(26,5)24(23)9-11-44(25,30)6)58-42-39(61-41-36(53)34(51)32(49)21(4)57-41)37(54)38(29(16-46)59-42)60-40-35(52)33(50)31(48)20(3)56-40/h18-26,28-42,46,48-54H,7-17H2,1-6H3/t18-,19+,20+,21+,22+,23-,24+,25+,26-,28+,29-,30+,31+,32+,33-,34-,35-,36-,37+,38-,39-,40+,41+,42-,43-,44+,45-/m1/s1. The fourth-order valence-electron chi connectivity index (χ4n) is 14.4. The van der Waals surface area contributed by atoms with E-state index in [0.717, 1.165) is 45.1 Å². The summed E-state index contributed by atoms with van der Waals surface area (Å²) in [7, 11) is 0. The molecule has 0 aromatic carbocycles. The maximum absolute atomic E-state index is 14.5. The van der Waals surface area contributed by atoms with Crippen LogP contribution in [0.5, 0.6) is 0 Å². The molecule has 0 radical (unpaired) electrons. The van der Waals surface area contributed by atoms with Gasteiger partial charge in [-0.1, -0.05) is 27.7 Å². The summed E-state index contributed by atoms with van der Waals surface area (Å²) in [6.07, 6.45) is -15.1. The van der Waals surface area contributed by atoms with Crippen molar-refractivity contribution in [2.24, 2.45) is 52.3 Å². The molecule has 0 unspecified atom stereocenters. The first-order chi connectivity index (χ1) is 29.3. The number of rotatable bonds is 7. The van der Waals surface area contributed by atoms with Crippen LogP contribution in [0.3, 0.4) is 0 Å². The molecule has 9 fully saturated rings. The number of carbonyl (C=O) groups excluding carboxylic acids is 1. The zero-order valence-electron chi connectivity index (χ0n) is 36.9. The van der Waals surface area contributed by atoms with Crippen molar-refractivity contribution < 1.29 is 83.5 Å². The Morgan fingerprint density at radius 1 is 0.661 bits per heavy atom. The van der Waals surface area contributed by atoms with Crippen molar-refractivity contribution in [2.45, 2.75) is 209 Å². The second kappa shape index (κ2) is 17.0. The molecule has 27 atom stereocenters. The first-order valence-electron chi connectivity index (χ1n) is 23.5. The maximum Gasteiger partial charge on any atom is 0.187 e. The Morgan fingerprint density at radius 2 is 1.29 bits per heavy atom. The van der Waals surface area contributed by atoms with E-state index in [2.05, 4.69) is 27.7 Å². The molecule has 5 aliphatic heterocycles. The summed E-state index contributed by atoms with van der Waals surface area (Å²) in [5.74, 6) is 1.66. The Balaban J connectivity index is 0.914. The van der Waals surface area contributed by atoms with Crippen molar-refractivity contribution in [3.63, 3.8) is 0 Å². The molecule has 5 saturated heterocycles. The average Bonchev–Trinajstić information content (AvgIpc) is 3.69. The number of Topliss-reactive ketones (excluding diaryl/α,β-unsaturated/α-hetero) is 1. The summed E-state index contributed by atoms with van der Waals surface area (Å²) < 4.78 is 49.9. The van der Waals surface area contributed by atoms with Gasteiger partial charge < -0.3 is 78.7 Å². The number of ether oxygens (including phenoxy) is 8. The topological polar surface area (TPSA) is 253 Å². The number of ketones is 1. The fraction of sp³-hybridized carbons (Fsp3) is 0.978. The summed E-state index contributed by atoms with van der Waals surface area (Å²) >= 11 is 0. The number of hydrogen-bond donors (Lipinski definition) is 8. The molecule has 0 aromatic rings. The molecule has 8 N–H and O–H groups in total. The highest BCUT2D eigenvalue weighted by molar-refractivity contribution is 5.83. The Bertz CT molecular complexity index is 1610. The van der Waals surface area contributed by atoms with Crippen LogP contribution in [0.15, 0.2) is 0 Å².